The van der Waals surface area contributed by atoms with Gasteiger partial charge in [-0.3, -0.25) is 0 Å². The summed E-state index contributed by atoms with van der Waals surface area (Å²) in [5, 5.41) is 9.36. The third-order valence-corrected chi connectivity index (χ3v) is 7.31. The highest BCUT2D eigenvalue weighted by atomic mass is 31.2. The fraction of sp³-hybridized carbons (Fsp3) is 0.923. The molecule has 0 heterocycles. The second-order valence-electron chi connectivity index (χ2n) is 4.39. The van der Waals surface area contributed by atoms with Gasteiger partial charge in [0.05, 0.1) is 50.9 Å². The molecule has 0 aromatic carbocycles. The first-order valence-corrected chi connectivity index (χ1v) is 9.33. The Balaban J connectivity index is 0. The normalized spacial score (nSPS) is 10.8. The maximum Gasteiger partial charge on any atom is 0.0857 e. The number of carbonyl (C=O) groups excluding carboxylic acids is 1. The van der Waals surface area contributed by atoms with E-state index in [-0.39, 0.29) is 6.61 Å². The van der Waals surface area contributed by atoms with Gasteiger partial charge in [0.15, 0.2) is 0 Å². The van der Waals surface area contributed by atoms with E-state index in [9.17, 15) is 9.90 Å². The lowest BCUT2D eigenvalue weighted by Crippen LogP contribution is -2.26. The van der Waals surface area contributed by atoms with Gasteiger partial charge in [0.25, 0.3) is 0 Å². The van der Waals surface area contributed by atoms with Gasteiger partial charge in [-0.15, -0.1) is 0 Å². The zero-order valence-electron chi connectivity index (χ0n) is 12.9. The molecule has 0 spiro atoms. The highest BCUT2D eigenvalue weighted by Gasteiger charge is 2.25. The van der Waals surface area contributed by atoms with Crippen LogP contribution in [0.4, 0.5) is 0 Å². The number of carboxylic acids is 1. The molecule has 0 radical (unpaired) electrons. The predicted octanol–water partition coefficient (Wildman–Crippen LogP) is 0.719. The highest BCUT2D eigenvalue weighted by Crippen LogP contribution is 2.53. The van der Waals surface area contributed by atoms with Gasteiger partial charge in [0.2, 0.25) is 0 Å². The van der Waals surface area contributed by atoms with Crippen molar-refractivity contribution >= 4 is 13.2 Å². The lowest BCUT2D eigenvalue weighted by atomic mass is 10.7. The van der Waals surface area contributed by atoms with E-state index in [0.29, 0.717) is 6.61 Å². The summed E-state index contributed by atoms with van der Waals surface area (Å²) in [4.78, 5) is 9.36. The van der Waals surface area contributed by atoms with E-state index in [1.165, 1.54) is 25.6 Å². The fourth-order valence-corrected chi connectivity index (χ4v) is 2.84. The minimum atomic E-state index is -1.18. The van der Waals surface area contributed by atoms with Gasteiger partial charge in [0.1, 0.15) is 0 Å². The van der Waals surface area contributed by atoms with Crippen LogP contribution in [0.2, 0.25) is 0 Å². The molecule has 0 bridgehead atoms. The second-order valence-corrected chi connectivity index (χ2v) is 9.34. The molecular weight excluding hydrogens is 267 g/mol. The smallest absolute Gasteiger partial charge is 0.0857 e. The molecule has 0 unspecified atom stereocenters. The Kier molecular flexibility index (Phi) is 15.8. The van der Waals surface area contributed by atoms with Crippen molar-refractivity contribution in [1.29, 1.82) is 0 Å². The van der Waals surface area contributed by atoms with E-state index in [2.05, 4.69) is 25.2 Å². The van der Waals surface area contributed by atoms with Crippen LogP contribution in [0, 0.1) is 0 Å². The summed E-state index contributed by atoms with van der Waals surface area (Å²) in [7, 11) is 2.36. The molecule has 0 aromatic rings. The van der Waals surface area contributed by atoms with E-state index < -0.39 is 13.2 Å². The van der Waals surface area contributed by atoms with Crippen molar-refractivity contribution in [3.05, 3.63) is 0 Å². The molecule has 0 fully saturated rings. The van der Waals surface area contributed by atoms with Crippen molar-refractivity contribution in [2.45, 2.75) is 13.8 Å². The van der Waals surface area contributed by atoms with Crippen molar-refractivity contribution in [1.82, 2.24) is 0 Å². The third-order valence-electron chi connectivity index (χ3n) is 3.00. The first-order chi connectivity index (χ1) is 8.95. The number of hydrogen-bond donors (Lipinski definition) is 0. The van der Waals surface area contributed by atoms with Gasteiger partial charge in [-0.25, -0.2) is 0 Å². The molecule has 0 aromatic heterocycles. The second kappa shape index (κ2) is 14.2. The lowest BCUT2D eigenvalue weighted by molar-refractivity contribution is -0.309. The Hall–Kier alpha value is -0.220. The zero-order valence-corrected chi connectivity index (χ0v) is 13.8. The molecular formula is C13H29O5P. The van der Waals surface area contributed by atoms with Gasteiger partial charge in [-0.1, -0.05) is 0 Å². The zero-order chi connectivity index (χ0) is 15.1. The first-order valence-electron chi connectivity index (χ1n) is 6.54. The van der Waals surface area contributed by atoms with Gasteiger partial charge in [-0.2, -0.15) is 0 Å². The van der Waals surface area contributed by atoms with E-state index in [0.717, 1.165) is 13.2 Å². The molecule has 0 saturated carbocycles. The minimum absolute atomic E-state index is 0.319. The molecule has 0 atom stereocenters. The Bertz CT molecular complexity index is 207. The number of carbonyl (C=O) groups is 1. The Labute approximate surface area is 118 Å². The predicted molar refractivity (Wildman–Crippen MR) is 78.4 cm³/mol. The molecule has 6 heteroatoms. The van der Waals surface area contributed by atoms with Crippen LogP contribution in [-0.4, -0.2) is 71.8 Å². The van der Waals surface area contributed by atoms with Crippen LogP contribution in [0.5, 0.6) is 0 Å². The average Bonchev–Trinajstić information content (AvgIpc) is 2.39. The van der Waals surface area contributed by atoms with Crippen molar-refractivity contribution < 1.29 is 24.1 Å². The maximum atomic E-state index is 9.36. The molecule has 19 heavy (non-hydrogen) atoms. The fourth-order valence-electron chi connectivity index (χ4n) is 1.19. The monoisotopic (exact) mass is 296 g/mol. The van der Waals surface area contributed by atoms with Gasteiger partial charge in [0, 0.05) is 28.1 Å². The SMILES string of the molecule is CC[P+](C)(CC)CCOCCOC.COCC(=O)[O-]. The number of ether oxygens (including phenoxy) is 3. The molecule has 0 rings (SSSR count). The average molecular weight is 296 g/mol. The lowest BCUT2D eigenvalue weighted by Gasteiger charge is -2.19. The maximum absolute atomic E-state index is 9.36. The Morgan fingerprint density at radius 1 is 1.05 bits per heavy atom. The van der Waals surface area contributed by atoms with Crippen LogP contribution in [0.1, 0.15) is 13.8 Å². The molecule has 0 aliphatic heterocycles. The number of carboxylic acid groups (broad SMARTS) is 1. The summed E-state index contributed by atoms with van der Waals surface area (Å²) in [6.07, 6.45) is 3.96. The minimum Gasteiger partial charge on any atom is -0.548 e. The Morgan fingerprint density at radius 3 is 1.95 bits per heavy atom. The summed E-state index contributed by atoms with van der Waals surface area (Å²) in [6.45, 7) is 9.08. The first kappa shape index (κ1) is 21.1. The van der Waals surface area contributed by atoms with Crippen molar-refractivity contribution in [3.8, 4) is 0 Å². The third kappa shape index (κ3) is 15.7. The summed E-state index contributed by atoms with van der Waals surface area (Å²) in [6, 6.07) is 0. The van der Waals surface area contributed by atoms with Crippen LogP contribution < -0.4 is 5.11 Å². The molecule has 116 valence electrons. The quantitative estimate of drug-likeness (QED) is 0.439. The topological polar surface area (TPSA) is 67.8 Å². The highest BCUT2D eigenvalue weighted by molar-refractivity contribution is 7.75. The van der Waals surface area contributed by atoms with Crippen LogP contribution >= 0.6 is 7.26 Å². The van der Waals surface area contributed by atoms with Crippen molar-refractivity contribution in [2.75, 3.05) is 65.8 Å². The van der Waals surface area contributed by atoms with Crippen LogP contribution in [0.15, 0.2) is 0 Å². The standard InChI is InChI=1S/C10H24O2P.C3H6O3/c1-5-13(4,6-2)10-9-12-8-7-11-3;1-6-2-3(4)5/h5-10H2,1-4H3;2H2,1H3,(H,4,5)/q+1;/p-1. The summed E-state index contributed by atoms with van der Waals surface area (Å²) >= 11 is 0. The van der Waals surface area contributed by atoms with E-state index in [1.54, 1.807) is 7.11 Å². The number of methoxy groups -OCH3 is 2. The number of aliphatic carboxylic acids is 1. The molecule has 0 saturated heterocycles. The van der Waals surface area contributed by atoms with Gasteiger partial charge >= 0.3 is 0 Å². The summed E-state index contributed by atoms with van der Waals surface area (Å²) in [5.41, 5.74) is 0. The van der Waals surface area contributed by atoms with E-state index in [1.807, 2.05) is 0 Å². The van der Waals surface area contributed by atoms with Gasteiger partial charge < -0.3 is 24.1 Å². The number of hydrogen-bond acceptors (Lipinski definition) is 5. The molecule has 0 amide bonds. The summed E-state index contributed by atoms with van der Waals surface area (Å²) < 4.78 is 14.5. The Morgan fingerprint density at radius 2 is 1.63 bits per heavy atom. The largest absolute Gasteiger partial charge is 0.548 e. The molecule has 5 nitrogen and oxygen atoms in total. The summed E-state index contributed by atoms with van der Waals surface area (Å²) in [5.74, 6) is -1.18. The van der Waals surface area contributed by atoms with Crippen molar-refractivity contribution in [3.63, 3.8) is 0 Å². The molecule has 0 aliphatic carbocycles. The van der Waals surface area contributed by atoms with Crippen molar-refractivity contribution in [2.24, 2.45) is 0 Å². The van der Waals surface area contributed by atoms with E-state index >= 15 is 0 Å². The molecule has 0 N–H and O–H groups in total. The molecule has 0 aliphatic rings. The number of rotatable bonds is 10. The van der Waals surface area contributed by atoms with Gasteiger partial charge in [-0.05, 0) is 13.8 Å². The van der Waals surface area contributed by atoms with Crippen LogP contribution in [-0.2, 0) is 19.0 Å². The van der Waals surface area contributed by atoms with Crippen LogP contribution in [0.25, 0.3) is 0 Å². The van der Waals surface area contributed by atoms with Crippen LogP contribution in [0.3, 0.4) is 0 Å². The van der Waals surface area contributed by atoms with E-state index in [4.69, 9.17) is 9.47 Å².